The van der Waals surface area contributed by atoms with E-state index in [0.717, 1.165) is 16.6 Å². The Labute approximate surface area is 171 Å². The van der Waals surface area contributed by atoms with Gasteiger partial charge in [-0.2, -0.15) is 0 Å². The van der Waals surface area contributed by atoms with Crippen molar-refractivity contribution in [2.24, 2.45) is 0 Å². The molecule has 28 heavy (non-hydrogen) atoms. The van der Waals surface area contributed by atoms with Crippen LogP contribution in [0.15, 0.2) is 72.8 Å². The number of carbonyl (C=O) groups excluding carboxylic acids is 1. The third-order valence-corrected chi connectivity index (χ3v) is 4.77. The molecule has 4 rings (SSSR count). The summed E-state index contributed by atoms with van der Waals surface area (Å²) in [6, 6.07) is 21.8. The standard InChI is InChI=1S/C22H15Cl2N3O/c23-16-10-11-18-19(13-16)26-21(25-18)20(12-15-8-4-5-9-17(15)24)27-22(28)14-6-2-1-3-7-14/h1-13H,(H,25,26)(H,27,28). The highest BCUT2D eigenvalue weighted by atomic mass is 35.5. The molecule has 0 aliphatic rings. The molecule has 0 radical (unpaired) electrons. The van der Waals surface area contributed by atoms with E-state index in [4.69, 9.17) is 23.2 Å². The fraction of sp³-hybridized carbons (Fsp3) is 0. The first-order chi connectivity index (χ1) is 13.6. The van der Waals surface area contributed by atoms with Crippen LogP contribution in [0.4, 0.5) is 0 Å². The van der Waals surface area contributed by atoms with Gasteiger partial charge in [0.15, 0.2) is 5.82 Å². The molecule has 138 valence electrons. The van der Waals surface area contributed by atoms with Crippen molar-refractivity contribution in [1.82, 2.24) is 15.3 Å². The number of fused-ring (bicyclic) bond motifs is 1. The lowest BCUT2D eigenvalue weighted by molar-refractivity contribution is 0.0973. The number of hydrogen-bond donors (Lipinski definition) is 2. The molecule has 4 nitrogen and oxygen atoms in total. The second-order valence-corrected chi connectivity index (χ2v) is 6.99. The molecule has 0 bridgehead atoms. The predicted octanol–water partition coefficient (Wildman–Crippen LogP) is 5.80. The van der Waals surface area contributed by atoms with Crippen LogP contribution in [0.5, 0.6) is 0 Å². The number of rotatable bonds is 4. The van der Waals surface area contributed by atoms with Gasteiger partial charge in [0.05, 0.1) is 16.7 Å². The van der Waals surface area contributed by atoms with Crippen LogP contribution in [0.1, 0.15) is 21.7 Å². The summed E-state index contributed by atoms with van der Waals surface area (Å²) in [5, 5.41) is 4.12. The summed E-state index contributed by atoms with van der Waals surface area (Å²) in [6.45, 7) is 0. The highest BCUT2D eigenvalue weighted by molar-refractivity contribution is 6.32. The van der Waals surface area contributed by atoms with Crippen LogP contribution in [0.25, 0.3) is 22.8 Å². The second-order valence-electron chi connectivity index (χ2n) is 6.15. The van der Waals surface area contributed by atoms with Crippen LogP contribution < -0.4 is 5.32 Å². The molecule has 1 aromatic heterocycles. The van der Waals surface area contributed by atoms with Crippen LogP contribution >= 0.6 is 23.2 Å². The Balaban J connectivity index is 1.78. The molecule has 4 aromatic rings. The van der Waals surface area contributed by atoms with Crippen molar-refractivity contribution < 1.29 is 4.79 Å². The molecule has 1 heterocycles. The molecular weight excluding hydrogens is 393 g/mol. The zero-order chi connectivity index (χ0) is 19.5. The van der Waals surface area contributed by atoms with Crippen molar-refractivity contribution >= 4 is 51.9 Å². The Hall–Kier alpha value is -3.08. The summed E-state index contributed by atoms with van der Waals surface area (Å²) in [5.41, 5.74) is 3.35. The Kier molecular flexibility index (Phi) is 5.15. The van der Waals surface area contributed by atoms with Crippen LogP contribution in [0.3, 0.4) is 0 Å². The van der Waals surface area contributed by atoms with Crippen LogP contribution in [-0.2, 0) is 0 Å². The van der Waals surface area contributed by atoms with Crippen molar-refractivity contribution in [3.8, 4) is 0 Å². The van der Waals surface area contributed by atoms with E-state index in [1.165, 1.54) is 0 Å². The van der Waals surface area contributed by atoms with Crippen molar-refractivity contribution in [2.45, 2.75) is 0 Å². The first kappa shape index (κ1) is 18.3. The maximum absolute atomic E-state index is 12.7. The summed E-state index contributed by atoms with van der Waals surface area (Å²) in [6.07, 6.45) is 1.79. The van der Waals surface area contributed by atoms with Crippen LogP contribution in [0.2, 0.25) is 10.0 Å². The molecular formula is C22H15Cl2N3O. The van der Waals surface area contributed by atoms with E-state index >= 15 is 0 Å². The average Bonchev–Trinajstić information content (AvgIpc) is 3.13. The van der Waals surface area contributed by atoms with Crippen LogP contribution in [0, 0.1) is 0 Å². The van der Waals surface area contributed by atoms with Gasteiger partial charge in [-0.1, -0.05) is 59.6 Å². The van der Waals surface area contributed by atoms with E-state index in [1.807, 2.05) is 42.5 Å². The number of hydrogen-bond acceptors (Lipinski definition) is 2. The Bertz CT molecular complexity index is 1180. The van der Waals surface area contributed by atoms with E-state index < -0.39 is 0 Å². The molecule has 1 amide bonds. The molecule has 3 aromatic carbocycles. The minimum Gasteiger partial charge on any atom is -0.337 e. The molecule has 0 atom stereocenters. The smallest absolute Gasteiger partial charge is 0.255 e. The largest absolute Gasteiger partial charge is 0.337 e. The number of nitrogens with one attached hydrogen (secondary N) is 2. The number of carbonyl (C=O) groups is 1. The van der Waals surface area contributed by atoms with Crippen molar-refractivity contribution in [2.75, 3.05) is 0 Å². The third-order valence-electron chi connectivity index (χ3n) is 4.19. The highest BCUT2D eigenvalue weighted by Gasteiger charge is 2.14. The van der Waals surface area contributed by atoms with E-state index in [1.54, 1.807) is 36.4 Å². The van der Waals surface area contributed by atoms with E-state index in [-0.39, 0.29) is 5.91 Å². The predicted molar refractivity (Wildman–Crippen MR) is 114 cm³/mol. The first-order valence-corrected chi connectivity index (χ1v) is 9.34. The SMILES string of the molecule is O=C(NC(=Cc1ccccc1Cl)c1nc2ccc(Cl)cc2[nH]1)c1ccccc1. The number of aromatic amines is 1. The molecule has 0 fully saturated rings. The monoisotopic (exact) mass is 407 g/mol. The molecule has 0 unspecified atom stereocenters. The minimum atomic E-state index is -0.239. The van der Waals surface area contributed by atoms with Gasteiger partial charge in [-0.15, -0.1) is 0 Å². The number of halogens is 2. The normalized spacial score (nSPS) is 11.6. The first-order valence-electron chi connectivity index (χ1n) is 8.58. The molecule has 0 aliphatic carbocycles. The number of amides is 1. The second kappa shape index (κ2) is 7.89. The quantitative estimate of drug-likeness (QED) is 0.449. The van der Waals surface area contributed by atoms with Crippen molar-refractivity contribution in [3.05, 3.63) is 99.8 Å². The molecule has 0 saturated carbocycles. The van der Waals surface area contributed by atoms with E-state index in [2.05, 4.69) is 15.3 Å². The molecule has 0 spiro atoms. The number of nitrogens with zero attached hydrogens (tertiary/aromatic N) is 1. The van der Waals surface area contributed by atoms with Gasteiger partial charge in [0, 0.05) is 15.6 Å². The van der Waals surface area contributed by atoms with Gasteiger partial charge < -0.3 is 10.3 Å². The highest BCUT2D eigenvalue weighted by Crippen LogP contribution is 2.24. The Morgan fingerprint density at radius 1 is 0.964 bits per heavy atom. The summed E-state index contributed by atoms with van der Waals surface area (Å²) in [5.74, 6) is 0.277. The average molecular weight is 408 g/mol. The van der Waals surface area contributed by atoms with Crippen LogP contribution in [-0.4, -0.2) is 15.9 Å². The topological polar surface area (TPSA) is 57.8 Å². The molecule has 2 N–H and O–H groups in total. The van der Waals surface area contributed by atoms with Gasteiger partial charge in [-0.25, -0.2) is 4.98 Å². The maximum atomic E-state index is 12.7. The lowest BCUT2D eigenvalue weighted by Gasteiger charge is -2.09. The van der Waals surface area contributed by atoms with Gasteiger partial charge in [-0.05, 0) is 48.0 Å². The fourth-order valence-electron chi connectivity index (χ4n) is 2.80. The van der Waals surface area contributed by atoms with Crippen molar-refractivity contribution in [3.63, 3.8) is 0 Å². The molecule has 6 heteroatoms. The fourth-order valence-corrected chi connectivity index (χ4v) is 3.17. The lowest BCUT2D eigenvalue weighted by Crippen LogP contribution is -2.22. The van der Waals surface area contributed by atoms with Gasteiger partial charge >= 0.3 is 0 Å². The summed E-state index contributed by atoms with van der Waals surface area (Å²) >= 11 is 12.4. The number of aromatic nitrogens is 2. The lowest BCUT2D eigenvalue weighted by atomic mass is 10.1. The zero-order valence-corrected chi connectivity index (χ0v) is 16.1. The molecule has 0 saturated heterocycles. The maximum Gasteiger partial charge on any atom is 0.255 e. The summed E-state index contributed by atoms with van der Waals surface area (Å²) in [4.78, 5) is 20.5. The summed E-state index contributed by atoms with van der Waals surface area (Å²) < 4.78 is 0. The van der Waals surface area contributed by atoms with Crippen molar-refractivity contribution in [1.29, 1.82) is 0 Å². The van der Waals surface area contributed by atoms with Gasteiger partial charge in [0.1, 0.15) is 0 Å². The number of imidazole rings is 1. The van der Waals surface area contributed by atoms with Gasteiger partial charge in [-0.3, -0.25) is 4.79 Å². The number of H-pyrrole nitrogens is 1. The number of benzene rings is 3. The third kappa shape index (κ3) is 3.93. The summed E-state index contributed by atoms with van der Waals surface area (Å²) in [7, 11) is 0. The zero-order valence-electron chi connectivity index (χ0n) is 14.6. The van der Waals surface area contributed by atoms with Gasteiger partial charge in [0.2, 0.25) is 0 Å². The van der Waals surface area contributed by atoms with E-state index in [0.29, 0.717) is 27.1 Å². The molecule has 0 aliphatic heterocycles. The van der Waals surface area contributed by atoms with Gasteiger partial charge in [0.25, 0.3) is 5.91 Å². The van der Waals surface area contributed by atoms with E-state index in [9.17, 15) is 4.79 Å². The Morgan fingerprint density at radius 2 is 1.71 bits per heavy atom. The minimum absolute atomic E-state index is 0.239. The Morgan fingerprint density at radius 3 is 2.50 bits per heavy atom.